The molecule has 0 aromatic carbocycles. The average molecular weight is 191 g/mol. The fourth-order valence-electron chi connectivity index (χ4n) is 1.45. The minimum Gasteiger partial charge on any atom is -0.313 e. The number of rotatable bonds is 1. The fourth-order valence-corrected chi connectivity index (χ4v) is 1.45. The summed E-state index contributed by atoms with van der Waals surface area (Å²) in [5.74, 6) is 1.03. The minimum absolute atomic E-state index is 0.930. The van der Waals surface area contributed by atoms with E-state index < -0.39 is 0 Å². The molecule has 0 bridgehead atoms. The van der Waals surface area contributed by atoms with E-state index in [0.717, 1.165) is 23.5 Å². The molecular formula is C11H17N3. The third-order valence-corrected chi connectivity index (χ3v) is 2.01. The zero-order valence-corrected chi connectivity index (χ0v) is 9.28. The van der Waals surface area contributed by atoms with Crippen LogP contribution < -0.4 is 0 Å². The first-order chi connectivity index (χ1) is 6.83. The largest absolute Gasteiger partial charge is 0.313 e. The van der Waals surface area contributed by atoms with Gasteiger partial charge in [0.1, 0.15) is 11.3 Å². The molecule has 76 valence electrons. The molecule has 2 aromatic rings. The Labute approximate surface area is 84.8 Å². The molecule has 0 amide bonds. The molecular weight excluding hydrogens is 174 g/mol. The van der Waals surface area contributed by atoms with Crippen LogP contribution in [0.1, 0.15) is 26.6 Å². The van der Waals surface area contributed by atoms with E-state index in [0.29, 0.717) is 0 Å². The molecule has 0 spiro atoms. The van der Waals surface area contributed by atoms with Gasteiger partial charge in [0.15, 0.2) is 5.65 Å². The lowest BCUT2D eigenvalue weighted by atomic mass is 10.4. The molecule has 0 aliphatic carbocycles. The summed E-state index contributed by atoms with van der Waals surface area (Å²) in [5, 5.41) is 0. The molecule has 0 aliphatic heterocycles. The van der Waals surface area contributed by atoms with Crippen LogP contribution in [0, 0.1) is 6.92 Å². The van der Waals surface area contributed by atoms with Gasteiger partial charge in [-0.2, -0.15) is 0 Å². The second-order valence-corrected chi connectivity index (χ2v) is 2.75. The molecule has 0 unspecified atom stereocenters. The fraction of sp³-hybridized carbons (Fsp3) is 0.455. The van der Waals surface area contributed by atoms with Gasteiger partial charge in [-0.05, 0) is 26.0 Å². The van der Waals surface area contributed by atoms with E-state index in [1.165, 1.54) is 0 Å². The maximum absolute atomic E-state index is 4.38. The monoisotopic (exact) mass is 191 g/mol. The third kappa shape index (κ3) is 1.76. The number of hydrogen-bond donors (Lipinski definition) is 0. The van der Waals surface area contributed by atoms with Crippen LogP contribution in [-0.4, -0.2) is 14.5 Å². The van der Waals surface area contributed by atoms with E-state index in [9.17, 15) is 0 Å². The Morgan fingerprint density at radius 1 is 1.36 bits per heavy atom. The van der Waals surface area contributed by atoms with Crippen molar-refractivity contribution >= 4 is 11.2 Å². The molecule has 0 N–H and O–H groups in total. The summed E-state index contributed by atoms with van der Waals surface area (Å²) in [7, 11) is 0. The summed E-state index contributed by atoms with van der Waals surface area (Å²) in [6, 6.07) is 3.90. The van der Waals surface area contributed by atoms with Crippen molar-refractivity contribution in [2.45, 2.75) is 34.2 Å². The number of fused-ring (bicyclic) bond motifs is 1. The quantitative estimate of drug-likeness (QED) is 0.694. The van der Waals surface area contributed by atoms with Gasteiger partial charge < -0.3 is 4.57 Å². The van der Waals surface area contributed by atoms with Crippen LogP contribution in [0.25, 0.3) is 11.2 Å². The van der Waals surface area contributed by atoms with Crippen molar-refractivity contribution in [3.63, 3.8) is 0 Å². The van der Waals surface area contributed by atoms with Crippen molar-refractivity contribution in [3.8, 4) is 0 Å². The van der Waals surface area contributed by atoms with Crippen LogP contribution in [0.3, 0.4) is 0 Å². The summed E-state index contributed by atoms with van der Waals surface area (Å²) in [6.45, 7) is 9.04. The Morgan fingerprint density at radius 2 is 2.07 bits per heavy atom. The van der Waals surface area contributed by atoms with Crippen molar-refractivity contribution in [2.75, 3.05) is 0 Å². The van der Waals surface area contributed by atoms with Crippen molar-refractivity contribution in [3.05, 3.63) is 24.2 Å². The normalized spacial score (nSPS) is 9.71. The molecule has 14 heavy (non-hydrogen) atoms. The Balaban J connectivity index is 0.000000461. The third-order valence-electron chi connectivity index (χ3n) is 2.01. The van der Waals surface area contributed by atoms with Gasteiger partial charge in [-0.1, -0.05) is 13.8 Å². The number of hydrogen-bond acceptors (Lipinski definition) is 2. The van der Waals surface area contributed by atoms with Crippen LogP contribution >= 0.6 is 0 Å². The number of nitrogens with zero attached hydrogens (tertiary/aromatic N) is 3. The highest BCUT2D eigenvalue weighted by atomic mass is 15.1. The number of imidazole rings is 1. The lowest BCUT2D eigenvalue weighted by Crippen LogP contribution is -1.97. The molecule has 2 rings (SSSR count). The van der Waals surface area contributed by atoms with Crippen LogP contribution in [0.5, 0.6) is 0 Å². The molecule has 3 nitrogen and oxygen atoms in total. The molecule has 2 heterocycles. The number of aromatic nitrogens is 3. The SMILES string of the molecule is CC.CCn1c(C)nc2cccnc21. The molecule has 2 aromatic heterocycles. The zero-order valence-electron chi connectivity index (χ0n) is 9.28. The lowest BCUT2D eigenvalue weighted by Gasteiger charge is -1.98. The maximum atomic E-state index is 4.38. The first-order valence-corrected chi connectivity index (χ1v) is 5.10. The maximum Gasteiger partial charge on any atom is 0.159 e. The summed E-state index contributed by atoms with van der Waals surface area (Å²) >= 11 is 0. The van der Waals surface area contributed by atoms with Crippen molar-refractivity contribution in [1.29, 1.82) is 0 Å². The van der Waals surface area contributed by atoms with Crippen LogP contribution in [0.4, 0.5) is 0 Å². The van der Waals surface area contributed by atoms with Crippen LogP contribution in [0.2, 0.25) is 0 Å². The average Bonchev–Trinajstić information content (AvgIpc) is 2.56. The zero-order chi connectivity index (χ0) is 10.6. The first kappa shape index (κ1) is 10.7. The van der Waals surface area contributed by atoms with Gasteiger partial charge in [-0.25, -0.2) is 9.97 Å². The highest BCUT2D eigenvalue weighted by molar-refractivity contribution is 5.70. The summed E-state index contributed by atoms with van der Waals surface area (Å²) in [6.07, 6.45) is 1.80. The summed E-state index contributed by atoms with van der Waals surface area (Å²) < 4.78 is 2.11. The first-order valence-electron chi connectivity index (χ1n) is 5.10. The lowest BCUT2D eigenvalue weighted by molar-refractivity contribution is 0.746. The summed E-state index contributed by atoms with van der Waals surface area (Å²) in [5.41, 5.74) is 1.97. The predicted octanol–water partition coefficient (Wildman–Crippen LogP) is 2.79. The molecule has 0 saturated heterocycles. The van der Waals surface area contributed by atoms with E-state index in [2.05, 4.69) is 21.5 Å². The number of aryl methyl sites for hydroxylation is 2. The Bertz CT molecular complexity index is 404. The molecule has 0 aliphatic rings. The Morgan fingerprint density at radius 3 is 2.71 bits per heavy atom. The van der Waals surface area contributed by atoms with E-state index in [1.807, 2.05) is 32.9 Å². The second-order valence-electron chi connectivity index (χ2n) is 2.75. The van der Waals surface area contributed by atoms with E-state index in [4.69, 9.17) is 0 Å². The van der Waals surface area contributed by atoms with Crippen LogP contribution in [-0.2, 0) is 6.54 Å². The standard InChI is InChI=1S/C9H11N3.C2H6/c1-3-12-7(2)11-8-5-4-6-10-9(8)12;1-2/h4-6H,3H2,1-2H3;1-2H3. The van der Waals surface area contributed by atoms with Gasteiger partial charge >= 0.3 is 0 Å². The van der Waals surface area contributed by atoms with Crippen molar-refractivity contribution < 1.29 is 0 Å². The number of pyridine rings is 1. The van der Waals surface area contributed by atoms with Gasteiger partial charge in [0.05, 0.1) is 0 Å². The molecule has 0 atom stereocenters. The topological polar surface area (TPSA) is 30.7 Å². The van der Waals surface area contributed by atoms with E-state index in [1.54, 1.807) is 6.20 Å². The highest BCUT2D eigenvalue weighted by Crippen LogP contribution is 2.11. The molecule has 3 heteroatoms. The van der Waals surface area contributed by atoms with Gasteiger partial charge in [-0.3, -0.25) is 0 Å². The predicted molar refractivity (Wildman–Crippen MR) is 59.3 cm³/mol. The van der Waals surface area contributed by atoms with Crippen LogP contribution in [0.15, 0.2) is 18.3 Å². The molecule has 0 radical (unpaired) electrons. The van der Waals surface area contributed by atoms with Gasteiger partial charge in [0.25, 0.3) is 0 Å². The highest BCUT2D eigenvalue weighted by Gasteiger charge is 2.04. The van der Waals surface area contributed by atoms with E-state index in [-0.39, 0.29) is 0 Å². The van der Waals surface area contributed by atoms with Gasteiger partial charge in [0, 0.05) is 12.7 Å². The van der Waals surface area contributed by atoms with Crippen molar-refractivity contribution in [1.82, 2.24) is 14.5 Å². The second kappa shape index (κ2) is 4.74. The van der Waals surface area contributed by atoms with Gasteiger partial charge in [-0.15, -0.1) is 0 Å². The van der Waals surface area contributed by atoms with E-state index >= 15 is 0 Å². The molecule has 0 fully saturated rings. The Kier molecular flexibility index (Phi) is 3.63. The van der Waals surface area contributed by atoms with Gasteiger partial charge in [0.2, 0.25) is 0 Å². The minimum atomic E-state index is 0.930. The van der Waals surface area contributed by atoms with Crippen molar-refractivity contribution in [2.24, 2.45) is 0 Å². The Hall–Kier alpha value is -1.38. The summed E-state index contributed by atoms with van der Waals surface area (Å²) in [4.78, 5) is 8.66. The smallest absolute Gasteiger partial charge is 0.159 e. The molecule has 0 saturated carbocycles.